The van der Waals surface area contributed by atoms with E-state index >= 15 is 0 Å². The number of hydrogen-bond acceptors (Lipinski definition) is 3. The van der Waals surface area contributed by atoms with Crippen molar-refractivity contribution in [2.75, 3.05) is 6.54 Å². The third-order valence-electron chi connectivity index (χ3n) is 3.52. The predicted molar refractivity (Wildman–Crippen MR) is 83.8 cm³/mol. The number of nitrogens with zero attached hydrogens (tertiary/aromatic N) is 1. The minimum Gasteiger partial charge on any atom is -0.354 e. The highest BCUT2D eigenvalue weighted by Gasteiger charge is 2.11. The molecule has 0 radical (unpaired) electrons. The fourth-order valence-corrected chi connectivity index (χ4v) is 2.24. The molecule has 2 aromatic rings. The lowest BCUT2D eigenvalue weighted by Crippen LogP contribution is -2.36. The van der Waals surface area contributed by atoms with E-state index in [1.165, 1.54) is 22.4 Å². The van der Waals surface area contributed by atoms with Gasteiger partial charge in [0.2, 0.25) is 5.91 Å². The Hall–Kier alpha value is -2.63. The van der Waals surface area contributed by atoms with E-state index in [1.807, 2.05) is 30.3 Å². The number of hydrogen-bond donors (Lipinski definition) is 2. The number of H-pyrrole nitrogens is 1. The van der Waals surface area contributed by atoms with Crippen molar-refractivity contribution in [2.45, 2.75) is 25.8 Å². The number of rotatable bonds is 6. The van der Waals surface area contributed by atoms with Gasteiger partial charge < -0.3 is 5.32 Å². The molecule has 1 atom stereocenters. The molecule has 0 unspecified atom stereocenters. The Morgan fingerprint density at radius 1 is 1.23 bits per heavy atom. The molecule has 1 amide bonds. The molecule has 0 bridgehead atoms. The van der Waals surface area contributed by atoms with Crippen LogP contribution in [0.1, 0.15) is 24.8 Å². The first kappa shape index (κ1) is 15.8. The summed E-state index contributed by atoms with van der Waals surface area (Å²) in [4.78, 5) is 36.5. The van der Waals surface area contributed by atoms with E-state index < -0.39 is 11.2 Å². The molecular formula is C16H19N3O3. The van der Waals surface area contributed by atoms with Crippen LogP contribution in [-0.2, 0) is 11.3 Å². The Morgan fingerprint density at radius 2 is 1.95 bits per heavy atom. The van der Waals surface area contributed by atoms with Crippen LogP contribution in [-0.4, -0.2) is 22.0 Å². The van der Waals surface area contributed by atoms with Gasteiger partial charge in [-0.3, -0.25) is 19.1 Å². The van der Waals surface area contributed by atoms with Gasteiger partial charge in [-0.2, -0.15) is 0 Å². The summed E-state index contributed by atoms with van der Waals surface area (Å²) in [5.41, 5.74) is 0.112. The Morgan fingerprint density at radius 3 is 2.59 bits per heavy atom. The average molecular weight is 301 g/mol. The minimum absolute atomic E-state index is 0.110. The van der Waals surface area contributed by atoms with Gasteiger partial charge in [-0.15, -0.1) is 0 Å². The smallest absolute Gasteiger partial charge is 0.328 e. The first-order valence-corrected chi connectivity index (χ1v) is 7.21. The molecule has 2 rings (SSSR count). The van der Waals surface area contributed by atoms with Crippen molar-refractivity contribution in [3.63, 3.8) is 0 Å². The highest BCUT2D eigenvalue weighted by atomic mass is 16.2. The maximum atomic E-state index is 11.9. The van der Waals surface area contributed by atoms with Crippen molar-refractivity contribution in [3.8, 4) is 0 Å². The summed E-state index contributed by atoms with van der Waals surface area (Å²) in [6.45, 7) is 2.47. The van der Waals surface area contributed by atoms with Gasteiger partial charge in [0.05, 0.1) is 0 Å². The molecule has 1 heterocycles. The molecule has 22 heavy (non-hydrogen) atoms. The van der Waals surface area contributed by atoms with Gasteiger partial charge in [-0.25, -0.2) is 4.79 Å². The molecule has 0 fully saturated rings. The lowest BCUT2D eigenvalue weighted by molar-refractivity contribution is -0.121. The van der Waals surface area contributed by atoms with Crippen LogP contribution in [0.2, 0.25) is 0 Å². The molecule has 0 aliphatic heterocycles. The summed E-state index contributed by atoms with van der Waals surface area (Å²) < 4.78 is 1.17. The Bertz CT molecular complexity index is 734. The van der Waals surface area contributed by atoms with Gasteiger partial charge in [0.25, 0.3) is 5.56 Å². The van der Waals surface area contributed by atoms with Gasteiger partial charge in [0.15, 0.2) is 0 Å². The maximum Gasteiger partial charge on any atom is 0.328 e. The summed E-state index contributed by atoms with van der Waals surface area (Å²) in [5.74, 6) is -0.0269. The lowest BCUT2D eigenvalue weighted by Gasteiger charge is -2.16. The predicted octanol–water partition coefficient (Wildman–Crippen LogP) is 0.847. The van der Waals surface area contributed by atoms with Crippen molar-refractivity contribution in [1.82, 2.24) is 14.9 Å². The van der Waals surface area contributed by atoms with E-state index in [0.29, 0.717) is 6.54 Å². The SMILES string of the molecule is CC[C@H](CNC(=O)Cn1ccc(=O)[nH]c1=O)c1ccccc1. The quantitative estimate of drug-likeness (QED) is 0.829. The summed E-state index contributed by atoms with van der Waals surface area (Å²) in [6, 6.07) is 11.2. The average Bonchev–Trinajstić information content (AvgIpc) is 2.52. The van der Waals surface area contributed by atoms with Crippen LogP contribution in [0.25, 0.3) is 0 Å². The molecule has 0 aliphatic rings. The third kappa shape index (κ3) is 4.18. The number of amides is 1. The molecule has 0 saturated carbocycles. The Labute approximate surface area is 127 Å². The van der Waals surface area contributed by atoms with Crippen LogP contribution in [0.3, 0.4) is 0 Å². The highest BCUT2D eigenvalue weighted by molar-refractivity contribution is 5.75. The summed E-state index contributed by atoms with van der Waals surface area (Å²) >= 11 is 0. The number of carbonyl (C=O) groups excluding carboxylic acids is 1. The molecule has 6 heteroatoms. The van der Waals surface area contributed by atoms with Crippen molar-refractivity contribution in [3.05, 3.63) is 69.0 Å². The van der Waals surface area contributed by atoms with E-state index in [2.05, 4.69) is 17.2 Å². The van der Waals surface area contributed by atoms with Gasteiger partial charge in [0, 0.05) is 24.7 Å². The van der Waals surface area contributed by atoms with E-state index in [-0.39, 0.29) is 18.4 Å². The first-order valence-electron chi connectivity index (χ1n) is 7.21. The molecule has 0 spiro atoms. The second kappa shape index (κ2) is 7.40. The summed E-state index contributed by atoms with van der Waals surface area (Å²) in [6.07, 6.45) is 2.22. The summed E-state index contributed by atoms with van der Waals surface area (Å²) in [5, 5.41) is 2.83. The fourth-order valence-electron chi connectivity index (χ4n) is 2.24. The third-order valence-corrected chi connectivity index (χ3v) is 3.52. The van der Waals surface area contributed by atoms with Crippen LogP contribution in [0.5, 0.6) is 0 Å². The normalized spacial score (nSPS) is 11.9. The van der Waals surface area contributed by atoms with Crippen molar-refractivity contribution in [2.24, 2.45) is 0 Å². The molecule has 2 N–H and O–H groups in total. The number of aromatic nitrogens is 2. The standard InChI is InChI=1S/C16H19N3O3/c1-2-12(13-6-4-3-5-7-13)10-17-15(21)11-19-9-8-14(20)18-16(19)22/h3-9,12H,2,10-11H2,1H3,(H,17,21)(H,18,20,22)/t12-/m1/s1. The van der Waals surface area contributed by atoms with Gasteiger partial charge in [-0.1, -0.05) is 37.3 Å². The van der Waals surface area contributed by atoms with Crippen molar-refractivity contribution < 1.29 is 4.79 Å². The molecular weight excluding hydrogens is 282 g/mol. The minimum atomic E-state index is -0.585. The number of carbonyl (C=O) groups is 1. The zero-order valence-corrected chi connectivity index (χ0v) is 12.4. The van der Waals surface area contributed by atoms with E-state index in [4.69, 9.17) is 0 Å². The van der Waals surface area contributed by atoms with Crippen LogP contribution in [0.15, 0.2) is 52.2 Å². The van der Waals surface area contributed by atoms with Crippen molar-refractivity contribution >= 4 is 5.91 Å². The molecule has 6 nitrogen and oxygen atoms in total. The zero-order chi connectivity index (χ0) is 15.9. The number of aromatic amines is 1. The van der Waals surface area contributed by atoms with Crippen LogP contribution in [0, 0.1) is 0 Å². The first-order chi connectivity index (χ1) is 10.6. The Balaban J connectivity index is 1.94. The second-order valence-electron chi connectivity index (χ2n) is 5.06. The van der Waals surface area contributed by atoms with Crippen LogP contribution in [0.4, 0.5) is 0 Å². The largest absolute Gasteiger partial charge is 0.354 e. The van der Waals surface area contributed by atoms with E-state index in [0.717, 1.165) is 6.42 Å². The van der Waals surface area contributed by atoms with Gasteiger partial charge in [0.1, 0.15) is 6.54 Å². The highest BCUT2D eigenvalue weighted by Crippen LogP contribution is 2.17. The lowest BCUT2D eigenvalue weighted by atomic mass is 9.96. The summed E-state index contributed by atoms with van der Waals surface area (Å²) in [7, 11) is 0. The molecule has 1 aromatic carbocycles. The molecule has 0 aliphatic carbocycles. The molecule has 1 aromatic heterocycles. The van der Waals surface area contributed by atoms with Crippen LogP contribution < -0.4 is 16.6 Å². The van der Waals surface area contributed by atoms with Gasteiger partial charge in [-0.05, 0) is 12.0 Å². The Kier molecular flexibility index (Phi) is 5.30. The number of benzene rings is 1. The van der Waals surface area contributed by atoms with Crippen molar-refractivity contribution in [1.29, 1.82) is 0 Å². The number of nitrogens with one attached hydrogen (secondary N) is 2. The monoisotopic (exact) mass is 301 g/mol. The fraction of sp³-hybridized carbons (Fsp3) is 0.312. The molecule has 116 valence electrons. The van der Waals surface area contributed by atoms with Crippen LogP contribution >= 0.6 is 0 Å². The molecule has 0 saturated heterocycles. The van der Waals surface area contributed by atoms with E-state index in [1.54, 1.807) is 0 Å². The second-order valence-corrected chi connectivity index (χ2v) is 5.06. The topological polar surface area (TPSA) is 84.0 Å². The zero-order valence-electron chi connectivity index (χ0n) is 12.4. The van der Waals surface area contributed by atoms with E-state index in [9.17, 15) is 14.4 Å². The maximum absolute atomic E-state index is 11.9. The van der Waals surface area contributed by atoms with Gasteiger partial charge >= 0.3 is 5.69 Å².